The van der Waals surface area contributed by atoms with Crippen molar-refractivity contribution in [2.45, 2.75) is 52.0 Å². The van der Waals surface area contributed by atoms with Gasteiger partial charge in [-0.1, -0.05) is 0 Å². The zero-order chi connectivity index (χ0) is 11.5. The van der Waals surface area contributed by atoms with Gasteiger partial charge in [-0.25, -0.2) is 0 Å². The van der Waals surface area contributed by atoms with Gasteiger partial charge in [-0.3, -0.25) is 4.90 Å². The van der Waals surface area contributed by atoms with Crippen LogP contribution in [0.5, 0.6) is 0 Å². The number of alkyl halides is 3. The molecule has 0 aliphatic rings. The molecule has 0 fully saturated rings. The molecule has 2 N–H and O–H groups in total. The molecule has 0 aromatic carbocycles. The monoisotopic (exact) mass is 212 g/mol. The van der Waals surface area contributed by atoms with E-state index in [1.54, 1.807) is 27.7 Å². The zero-order valence-corrected chi connectivity index (χ0v) is 9.10. The fourth-order valence-electron chi connectivity index (χ4n) is 1.74. The molecule has 0 saturated carbocycles. The van der Waals surface area contributed by atoms with E-state index in [0.29, 0.717) is 0 Å². The Bertz CT molecular complexity index is 158. The predicted octanol–water partition coefficient (Wildman–Crippen LogP) is 1.99. The molecule has 0 rings (SSSR count). The summed E-state index contributed by atoms with van der Waals surface area (Å²) >= 11 is 0. The lowest BCUT2D eigenvalue weighted by Crippen LogP contribution is -2.55. The van der Waals surface area contributed by atoms with E-state index in [1.165, 1.54) is 4.90 Å². The summed E-state index contributed by atoms with van der Waals surface area (Å²) in [4.78, 5) is 1.39. The smallest absolute Gasteiger partial charge is 0.329 e. The summed E-state index contributed by atoms with van der Waals surface area (Å²) in [5, 5.41) is 0. The molecule has 2 nitrogen and oxygen atoms in total. The second-order valence-corrected chi connectivity index (χ2v) is 3.93. The molecule has 0 saturated heterocycles. The highest BCUT2D eigenvalue weighted by Gasteiger charge is 2.44. The highest BCUT2D eigenvalue weighted by atomic mass is 19.4. The number of rotatable bonds is 4. The minimum absolute atomic E-state index is 0.162. The highest BCUT2D eigenvalue weighted by molar-refractivity contribution is 4.84. The van der Waals surface area contributed by atoms with Crippen molar-refractivity contribution in [3.05, 3.63) is 0 Å². The third kappa shape index (κ3) is 3.46. The van der Waals surface area contributed by atoms with Gasteiger partial charge in [0.1, 0.15) is 6.04 Å². The van der Waals surface area contributed by atoms with Crippen LogP contribution in [0.3, 0.4) is 0 Å². The van der Waals surface area contributed by atoms with Crippen LogP contribution in [0, 0.1) is 0 Å². The maximum absolute atomic E-state index is 12.6. The van der Waals surface area contributed by atoms with Gasteiger partial charge >= 0.3 is 6.18 Å². The van der Waals surface area contributed by atoms with Gasteiger partial charge in [0.2, 0.25) is 0 Å². The summed E-state index contributed by atoms with van der Waals surface area (Å²) < 4.78 is 37.7. The molecular weight excluding hydrogens is 193 g/mol. The van der Waals surface area contributed by atoms with Gasteiger partial charge in [0.15, 0.2) is 0 Å². The van der Waals surface area contributed by atoms with Crippen LogP contribution in [0.4, 0.5) is 13.2 Å². The molecule has 0 bridgehead atoms. The Morgan fingerprint density at radius 3 is 1.50 bits per heavy atom. The van der Waals surface area contributed by atoms with Crippen molar-refractivity contribution in [1.29, 1.82) is 0 Å². The molecule has 0 aliphatic carbocycles. The van der Waals surface area contributed by atoms with Gasteiger partial charge in [-0.2, -0.15) is 13.2 Å². The molecule has 14 heavy (non-hydrogen) atoms. The SMILES string of the molecule is CC(C)N(C(C)C)[C@H](CN)C(F)(F)F. The molecule has 0 aromatic rings. The van der Waals surface area contributed by atoms with Gasteiger partial charge in [0, 0.05) is 18.6 Å². The lowest BCUT2D eigenvalue weighted by molar-refractivity contribution is -0.190. The van der Waals surface area contributed by atoms with Gasteiger partial charge in [-0.05, 0) is 27.7 Å². The zero-order valence-electron chi connectivity index (χ0n) is 9.10. The number of nitrogens with zero attached hydrogens (tertiary/aromatic N) is 1. The Morgan fingerprint density at radius 2 is 1.43 bits per heavy atom. The average Bonchev–Trinajstić information content (AvgIpc) is 1.95. The third-order valence-corrected chi connectivity index (χ3v) is 2.15. The first-order chi connectivity index (χ1) is 6.21. The summed E-state index contributed by atoms with van der Waals surface area (Å²) in [6, 6.07) is -1.86. The lowest BCUT2D eigenvalue weighted by atomic mass is 10.1. The molecule has 0 heterocycles. The van der Waals surface area contributed by atoms with Crippen LogP contribution < -0.4 is 5.73 Å². The number of halogens is 3. The largest absolute Gasteiger partial charge is 0.405 e. The molecular formula is C9H19F3N2. The second kappa shape index (κ2) is 4.98. The van der Waals surface area contributed by atoms with Gasteiger partial charge < -0.3 is 5.73 Å². The van der Waals surface area contributed by atoms with Crippen LogP contribution in [0.2, 0.25) is 0 Å². The van der Waals surface area contributed by atoms with Crippen molar-refractivity contribution >= 4 is 0 Å². The Labute approximate surface area is 83.3 Å². The summed E-state index contributed by atoms with van der Waals surface area (Å²) in [6.07, 6.45) is -4.25. The van der Waals surface area contributed by atoms with Crippen LogP contribution in [0.25, 0.3) is 0 Å². The van der Waals surface area contributed by atoms with Crippen LogP contribution in [-0.4, -0.2) is 35.7 Å². The first-order valence-corrected chi connectivity index (χ1v) is 4.76. The Balaban J connectivity index is 4.77. The normalized spacial score (nSPS) is 15.6. The Morgan fingerprint density at radius 1 is 1.07 bits per heavy atom. The molecule has 5 heteroatoms. The molecule has 0 amide bonds. The molecule has 0 unspecified atom stereocenters. The second-order valence-electron chi connectivity index (χ2n) is 3.93. The van der Waals surface area contributed by atoms with Crippen molar-refractivity contribution < 1.29 is 13.2 Å². The summed E-state index contributed by atoms with van der Waals surface area (Å²) in [7, 11) is 0. The van der Waals surface area contributed by atoms with Crippen LogP contribution >= 0.6 is 0 Å². The molecule has 0 radical (unpaired) electrons. The van der Waals surface area contributed by atoms with E-state index in [2.05, 4.69) is 0 Å². The standard InChI is InChI=1S/C9H19F3N2/c1-6(2)14(7(3)4)8(5-13)9(10,11)12/h6-8H,5,13H2,1-4H3/t8-/m1/s1. The van der Waals surface area contributed by atoms with Crippen LogP contribution in [0.15, 0.2) is 0 Å². The molecule has 1 atom stereocenters. The number of nitrogens with two attached hydrogens (primary N) is 1. The van der Waals surface area contributed by atoms with Crippen LogP contribution in [-0.2, 0) is 0 Å². The summed E-state index contributed by atoms with van der Waals surface area (Å²) in [5.74, 6) is 0. The minimum Gasteiger partial charge on any atom is -0.329 e. The average molecular weight is 212 g/mol. The first-order valence-electron chi connectivity index (χ1n) is 4.76. The van der Waals surface area contributed by atoms with Gasteiger partial charge in [0.05, 0.1) is 0 Å². The number of hydrogen-bond donors (Lipinski definition) is 1. The topological polar surface area (TPSA) is 29.3 Å². The minimum atomic E-state index is -4.25. The summed E-state index contributed by atoms with van der Waals surface area (Å²) in [5.41, 5.74) is 5.17. The van der Waals surface area contributed by atoms with Gasteiger partial charge in [0.25, 0.3) is 0 Å². The van der Waals surface area contributed by atoms with Crippen molar-refractivity contribution in [2.75, 3.05) is 6.54 Å². The van der Waals surface area contributed by atoms with Crippen molar-refractivity contribution in [3.63, 3.8) is 0 Å². The Kier molecular flexibility index (Phi) is 4.88. The highest BCUT2D eigenvalue weighted by Crippen LogP contribution is 2.27. The summed E-state index contributed by atoms with van der Waals surface area (Å²) in [6.45, 7) is 6.59. The maximum Gasteiger partial charge on any atom is 0.405 e. The third-order valence-electron chi connectivity index (χ3n) is 2.15. The van der Waals surface area contributed by atoms with E-state index in [-0.39, 0.29) is 18.6 Å². The van der Waals surface area contributed by atoms with E-state index in [4.69, 9.17) is 5.73 Å². The fraction of sp³-hybridized carbons (Fsp3) is 1.00. The first kappa shape index (κ1) is 13.7. The fourth-order valence-corrected chi connectivity index (χ4v) is 1.74. The lowest BCUT2D eigenvalue weighted by Gasteiger charge is -2.38. The number of hydrogen-bond acceptors (Lipinski definition) is 2. The van der Waals surface area contributed by atoms with E-state index in [0.717, 1.165) is 0 Å². The molecule has 0 aliphatic heterocycles. The molecule has 0 aromatic heterocycles. The van der Waals surface area contributed by atoms with Crippen molar-refractivity contribution in [3.8, 4) is 0 Å². The predicted molar refractivity (Wildman–Crippen MR) is 51.0 cm³/mol. The van der Waals surface area contributed by atoms with E-state index >= 15 is 0 Å². The van der Waals surface area contributed by atoms with Gasteiger partial charge in [-0.15, -0.1) is 0 Å². The molecule has 86 valence electrons. The quantitative estimate of drug-likeness (QED) is 0.772. The maximum atomic E-state index is 12.6. The van der Waals surface area contributed by atoms with E-state index in [1.807, 2.05) is 0 Å². The van der Waals surface area contributed by atoms with Crippen LogP contribution in [0.1, 0.15) is 27.7 Å². The van der Waals surface area contributed by atoms with Crippen molar-refractivity contribution in [2.24, 2.45) is 5.73 Å². The Hall–Kier alpha value is -0.290. The van der Waals surface area contributed by atoms with E-state index < -0.39 is 12.2 Å². The van der Waals surface area contributed by atoms with E-state index in [9.17, 15) is 13.2 Å². The van der Waals surface area contributed by atoms with Crippen molar-refractivity contribution in [1.82, 2.24) is 4.90 Å². The molecule has 0 spiro atoms.